The summed E-state index contributed by atoms with van der Waals surface area (Å²) >= 11 is 0. The normalized spacial score (nSPS) is 12.2. The van der Waals surface area contributed by atoms with Gasteiger partial charge in [-0.3, -0.25) is 4.79 Å². The zero-order valence-corrected chi connectivity index (χ0v) is 14.2. The third-order valence-electron chi connectivity index (χ3n) is 4.33. The maximum Gasteiger partial charge on any atom is 0.233 e. The van der Waals surface area contributed by atoms with E-state index >= 15 is 0 Å². The third kappa shape index (κ3) is 4.45. The summed E-state index contributed by atoms with van der Waals surface area (Å²) in [6.45, 7) is 2.77. The Hall–Kier alpha value is -2.66. The molecule has 0 radical (unpaired) electrons. The van der Waals surface area contributed by atoms with Gasteiger partial charge in [0.1, 0.15) is 5.82 Å². The van der Waals surface area contributed by atoms with Gasteiger partial charge in [-0.1, -0.05) is 30.3 Å². The standard InChI is InChI=1S/C20H22FN3O/c1-14(15-6-8-17(21)9-7-15)23-13-20(25)22-11-10-16-12-24-19-5-3-2-4-18(16)19/h2-9,12,14,23-24H,10-11,13H2,1H3,(H,22,25)/t14-/m1/s1. The van der Waals surface area contributed by atoms with Crippen LogP contribution in [-0.4, -0.2) is 24.0 Å². The van der Waals surface area contributed by atoms with Gasteiger partial charge in [-0.25, -0.2) is 4.39 Å². The highest BCUT2D eigenvalue weighted by Gasteiger charge is 2.08. The van der Waals surface area contributed by atoms with E-state index in [1.54, 1.807) is 12.1 Å². The van der Waals surface area contributed by atoms with Crippen molar-refractivity contribution in [2.24, 2.45) is 0 Å². The lowest BCUT2D eigenvalue weighted by Gasteiger charge is -2.14. The number of carbonyl (C=O) groups is 1. The van der Waals surface area contributed by atoms with E-state index in [1.165, 1.54) is 23.1 Å². The molecule has 25 heavy (non-hydrogen) atoms. The van der Waals surface area contributed by atoms with Crippen LogP contribution in [0.3, 0.4) is 0 Å². The van der Waals surface area contributed by atoms with Gasteiger partial charge in [-0.05, 0) is 42.7 Å². The number of carbonyl (C=O) groups excluding carboxylic acids is 1. The zero-order valence-electron chi connectivity index (χ0n) is 14.2. The molecule has 3 aromatic rings. The van der Waals surface area contributed by atoms with Crippen molar-refractivity contribution in [3.8, 4) is 0 Å². The van der Waals surface area contributed by atoms with Crippen molar-refractivity contribution in [3.63, 3.8) is 0 Å². The van der Waals surface area contributed by atoms with E-state index in [0.29, 0.717) is 6.54 Å². The molecular formula is C20H22FN3O. The van der Waals surface area contributed by atoms with Gasteiger partial charge in [0, 0.05) is 29.7 Å². The molecule has 0 aliphatic heterocycles. The molecule has 4 nitrogen and oxygen atoms in total. The predicted octanol–water partition coefficient (Wildman–Crippen LogP) is 3.32. The first-order chi connectivity index (χ1) is 12.1. The number of aromatic nitrogens is 1. The van der Waals surface area contributed by atoms with Crippen LogP contribution in [0.25, 0.3) is 10.9 Å². The molecule has 1 atom stereocenters. The number of halogens is 1. The Kier molecular flexibility index (Phi) is 5.46. The molecule has 5 heteroatoms. The predicted molar refractivity (Wildman–Crippen MR) is 97.8 cm³/mol. The van der Waals surface area contributed by atoms with Crippen molar-refractivity contribution in [2.75, 3.05) is 13.1 Å². The van der Waals surface area contributed by atoms with Crippen molar-refractivity contribution >= 4 is 16.8 Å². The van der Waals surface area contributed by atoms with E-state index in [-0.39, 0.29) is 24.3 Å². The Labute approximate surface area is 146 Å². The molecule has 1 aromatic heterocycles. The minimum Gasteiger partial charge on any atom is -0.361 e. The van der Waals surface area contributed by atoms with Crippen molar-refractivity contribution in [1.29, 1.82) is 0 Å². The molecule has 0 aliphatic carbocycles. The monoisotopic (exact) mass is 339 g/mol. The quantitative estimate of drug-likeness (QED) is 0.618. The molecule has 130 valence electrons. The Morgan fingerprint density at radius 2 is 1.92 bits per heavy atom. The fraction of sp³-hybridized carbons (Fsp3) is 0.250. The zero-order chi connectivity index (χ0) is 17.6. The van der Waals surface area contributed by atoms with Gasteiger partial charge in [0.15, 0.2) is 0 Å². The highest BCUT2D eigenvalue weighted by molar-refractivity contribution is 5.83. The van der Waals surface area contributed by atoms with Crippen LogP contribution in [0.4, 0.5) is 4.39 Å². The molecule has 0 saturated carbocycles. The number of fused-ring (bicyclic) bond motifs is 1. The number of hydrogen-bond donors (Lipinski definition) is 3. The summed E-state index contributed by atoms with van der Waals surface area (Å²) in [4.78, 5) is 15.2. The van der Waals surface area contributed by atoms with Crippen molar-refractivity contribution in [3.05, 3.63) is 71.7 Å². The van der Waals surface area contributed by atoms with Crippen molar-refractivity contribution < 1.29 is 9.18 Å². The van der Waals surface area contributed by atoms with Crippen molar-refractivity contribution in [2.45, 2.75) is 19.4 Å². The Balaban J connectivity index is 1.43. The molecule has 1 heterocycles. The number of H-pyrrole nitrogens is 1. The molecule has 0 bridgehead atoms. The first-order valence-corrected chi connectivity index (χ1v) is 8.44. The summed E-state index contributed by atoms with van der Waals surface area (Å²) in [6.07, 6.45) is 2.77. The van der Waals surface area contributed by atoms with E-state index in [0.717, 1.165) is 17.5 Å². The van der Waals surface area contributed by atoms with Crippen LogP contribution < -0.4 is 10.6 Å². The maximum absolute atomic E-state index is 12.9. The maximum atomic E-state index is 12.9. The average molecular weight is 339 g/mol. The van der Waals surface area contributed by atoms with Gasteiger partial charge in [-0.15, -0.1) is 0 Å². The van der Waals surface area contributed by atoms with E-state index in [4.69, 9.17) is 0 Å². The number of para-hydroxylation sites is 1. The van der Waals surface area contributed by atoms with Gasteiger partial charge in [0.2, 0.25) is 5.91 Å². The summed E-state index contributed by atoms with van der Waals surface area (Å²) in [6, 6.07) is 14.4. The molecule has 0 aliphatic rings. The second-order valence-electron chi connectivity index (χ2n) is 6.11. The van der Waals surface area contributed by atoms with Gasteiger partial charge in [0.05, 0.1) is 6.54 Å². The fourth-order valence-corrected chi connectivity index (χ4v) is 2.85. The molecular weight excluding hydrogens is 317 g/mol. The molecule has 1 amide bonds. The van der Waals surface area contributed by atoms with E-state index in [9.17, 15) is 9.18 Å². The summed E-state index contributed by atoms with van der Waals surface area (Å²) < 4.78 is 12.9. The molecule has 0 unspecified atom stereocenters. The van der Waals surface area contributed by atoms with Gasteiger partial charge < -0.3 is 15.6 Å². The molecule has 3 rings (SSSR count). The third-order valence-corrected chi connectivity index (χ3v) is 4.33. The Morgan fingerprint density at radius 1 is 1.16 bits per heavy atom. The highest BCUT2D eigenvalue weighted by Crippen LogP contribution is 2.17. The van der Waals surface area contributed by atoms with Gasteiger partial charge in [-0.2, -0.15) is 0 Å². The van der Waals surface area contributed by atoms with Crippen LogP contribution in [0.1, 0.15) is 24.1 Å². The van der Waals surface area contributed by atoms with E-state index in [2.05, 4.69) is 21.7 Å². The van der Waals surface area contributed by atoms with Crippen LogP contribution >= 0.6 is 0 Å². The SMILES string of the molecule is C[C@@H](NCC(=O)NCCc1c[nH]c2ccccc12)c1ccc(F)cc1. The summed E-state index contributed by atoms with van der Waals surface area (Å²) in [5.74, 6) is -0.306. The Morgan fingerprint density at radius 3 is 2.72 bits per heavy atom. The lowest BCUT2D eigenvalue weighted by atomic mass is 10.1. The summed E-state index contributed by atoms with van der Waals surface area (Å²) in [7, 11) is 0. The number of benzene rings is 2. The highest BCUT2D eigenvalue weighted by atomic mass is 19.1. The molecule has 0 fully saturated rings. The van der Waals surface area contributed by atoms with Crippen molar-refractivity contribution in [1.82, 2.24) is 15.6 Å². The number of amides is 1. The fourth-order valence-electron chi connectivity index (χ4n) is 2.85. The lowest BCUT2D eigenvalue weighted by Crippen LogP contribution is -2.36. The smallest absolute Gasteiger partial charge is 0.233 e. The number of rotatable bonds is 7. The van der Waals surface area contributed by atoms with E-state index in [1.807, 2.05) is 31.3 Å². The van der Waals surface area contributed by atoms with Crippen LogP contribution in [-0.2, 0) is 11.2 Å². The van der Waals surface area contributed by atoms with Gasteiger partial charge >= 0.3 is 0 Å². The molecule has 3 N–H and O–H groups in total. The average Bonchev–Trinajstić information content (AvgIpc) is 3.04. The Bertz CT molecular complexity index is 842. The molecule has 0 saturated heterocycles. The van der Waals surface area contributed by atoms with Crippen LogP contribution in [0.15, 0.2) is 54.7 Å². The lowest BCUT2D eigenvalue weighted by molar-refractivity contribution is -0.120. The molecule has 0 spiro atoms. The van der Waals surface area contributed by atoms with Gasteiger partial charge in [0.25, 0.3) is 0 Å². The topological polar surface area (TPSA) is 56.9 Å². The van der Waals surface area contributed by atoms with Crippen LogP contribution in [0, 0.1) is 5.82 Å². The number of aromatic amines is 1. The molecule has 2 aromatic carbocycles. The first kappa shape index (κ1) is 17.2. The minimum absolute atomic E-state index is 0.0139. The summed E-state index contributed by atoms with van der Waals surface area (Å²) in [5.41, 5.74) is 3.26. The second kappa shape index (κ2) is 7.94. The number of hydrogen-bond acceptors (Lipinski definition) is 2. The minimum atomic E-state index is -0.258. The van der Waals surface area contributed by atoms with Crippen LogP contribution in [0.2, 0.25) is 0 Å². The first-order valence-electron chi connectivity index (χ1n) is 8.44. The number of nitrogens with one attached hydrogen (secondary N) is 3. The van der Waals surface area contributed by atoms with Crippen LogP contribution in [0.5, 0.6) is 0 Å². The van der Waals surface area contributed by atoms with E-state index < -0.39 is 0 Å². The summed E-state index contributed by atoms with van der Waals surface area (Å²) in [5, 5.41) is 7.27. The second-order valence-corrected chi connectivity index (χ2v) is 6.11. The largest absolute Gasteiger partial charge is 0.361 e.